The lowest BCUT2D eigenvalue weighted by Crippen LogP contribution is -2.30. The van der Waals surface area contributed by atoms with Crippen LogP contribution in [0.1, 0.15) is 27.8 Å². The van der Waals surface area contributed by atoms with Crippen LogP contribution in [0.5, 0.6) is 0 Å². The molecule has 1 nitrogen and oxygen atoms in total. The van der Waals surface area contributed by atoms with Gasteiger partial charge in [0.2, 0.25) is 0 Å². The molecule has 98 valence electrons. The van der Waals surface area contributed by atoms with Crippen LogP contribution in [0.4, 0.5) is 5.69 Å². The van der Waals surface area contributed by atoms with E-state index < -0.39 is 0 Å². The molecule has 0 amide bonds. The summed E-state index contributed by atoms with van der Waals surface area (Å²) in [5, 5.41) is 0. The number of aryl methyl sites for hydroxylation is 1. The van der Waals surface area contributed by atoms with Gasteiger partial charge in [0.05, 0.1) is 0 Å². The molecule has 0 N–H and O–H groups in total. The van der Waals surface area contributed by atoms with Gasteiger partial charge in [-0.15, -0.1) is 0 Å². The van der Waals surface area contributed by atoms with E-state index in [1.807, 2.05) is 0 Å². The van der Waals surface area contributed by atoms with Gasteiger partial charge < -0.3 is 4.90 Å². The van der Waals surface area contributed by atoms with Gasteiger partial charge in [0, 0.05) is 18.8 Å². The van der Waals surface area contributed by atoms with Gasteiger partial charge >= 0.3 is 0 Å². The van der Waals surface area contributed by atoms with Crippen molar-refractivity contribution in [3.63, 3.8) is 0 Å². The molecule has 0 aromatic heterocycles. The monoisotopic (exact) mass is 251 g/mol. The molecule has 0 atom stereocenters. The van der Waals surface area contributed by atoms with Crippen LogP contribution in [0.2, 0.25) is 0 Å². The Morgan fingerprint density at radius 3 is 2.37 bits per heavy atom. The minimum Gasteiger partial charge on any atom is -0.367 e. The third-order valence-corrected chi connectivity index (χ3v) is 4.50. The Bertz CT molecular complexity index is 613. The minimum absolute atomic E-state index is 1.04. The summed E-state index contributed by atoms with van der Waals surface area (Å²) in [6, 6.07) is 13.4. The molecule has 19 heavy (non-hydrogen) atoms. The van der Waals surface area contributed by atoms with Gasteiger partial charge in [-0.25, -0.2) is 0 Å². The Labute approximate surface area is 115 Å². The van der Waals surface area contributed by atoms with Crippen molar-refractivity contribution < 1.29 is 0 Å². The first-order valence-corrected chi connectivity index (χ1v) is 7.05. The van der Waals surface area contributed by atoms with Crippen molar-refractivity contribution in [3.05, 3.63) is 64.2 Å². The van der Waals surface area contributed by atoms with Crippen molar-refractivity contribution in [1.82, 2.24) is 0 Å². The zero-order valence-corrected chi connectivity index (χ0v) is 12.0. The van der Waals surface area contributed by atoms with Gasteiger partial charge in [-0.05, 0) is 61.1 Å². The first-order valence-electron chi connectivity index (χ1n) is 7.05. The van der Waals surface area contributed by atoms with Gasteiger partial charge in [-0.2, -0.15) is 0 Å². The maximum atomic E-state index is 2.52. The first-order chi connectivity index (χ1) is 9.16. The van der Waals surface area contributed by atoms with E-state index in [4.69, 9.17) is 0 Å². The molecule has 1 heteroatoms. The molecule has 3 rings (SSSR count). The summed E-state index contributed by atoms with van der Waals surface area (Å²) in [7, 11) is 0. The zero-order valence-electron chi connectivity index (χ0n) is 12.0. The summed E-state index contributed by atoms with van der Waals surface area (Å²) in [4.78, 5) is 2.52. The summed E-state index contributed by atoms with van der Waals surface area (Å²) < 4.78 is 0. The Hall–Kier alpha value is -1.76. The summed E-state index contributed by atoms with van der Waals surface area (Å²) in [6.07, 6.45) is 1.16. The van der Waals surface area contributed by atoms with Crippen LogP contribution in [0.25, 0.3) is 0 Å². The van der Waals surface area contributed by atoms with Crippen LogP contribution in [0.3, 0.4) is 0 Å². The second-order valence-corrected chi connectivity index (χ2v) is 5.59. The third kappa shape index (κ3) is 2.14. The smallest absolute Gasteiger partial charge is 0.0432 e. The lowest BCUT2D eigenvalue weighted by Gasteiger charge is -2.32. The number of rotatable bonds is 1. The molecule has 1 heterocycles. The molecule has 0 saturated carbocycles. The molecular formula is C18H21N. The standard InChI is InChI=1S/C18H21N/c1-13-8-9-18(15(3)14(13)2)19-11-10-16-6-4-5-7-17(16)12-19/h4-9H,10-12H2,1-3H3. The fraction of sp³-hybridized carbons (Fsp3) is 0.333. The van der Waals surface area contributed by atoms with Gasteiger partial charge in [-0.1, -0.05) is 30.3 Å². The lowest BCUT2D eigenvalue weighted by molar-refractivity contribution is 0.729. The molecule has 0 fully saturated rings. The maximum Gasteiger partial charge on any atom is 0.0432 e. The normalized spacial score (nSPS) is 14.4. The molecule has 1 aliphatic heterocycles. The summed E-state index contributed by atoms with van der Waals surface area (Å²) in [6.45, 7) is 8.84. The summed E-state index contributed by atoms with van der Waals surface area (Å²) in [5.41, 5.74) is 8.64. The van der Waals surface area contributed by atoms with E-state index in [9.17, 15) is 0 Å². The molecule has 0 unspecified atom stereocenters. The van der Waals surface area contributed by atoms with Gasteiger partial charge in [-0.3, -0.25) is 0 Å². The number of fused-ring (bicyclic) bond motifs is 1. The Morgan fingerprint density at radius 1 is 0.842 bits per heavy atom. The predicted molar refractivity (Wildman–Crippen MR) is 81.8 cm³/mol. The van der Waals surface area contributed by atoms with Crippen molar-refractivity contribution >= 4 is 5.69 Å². The molecular weight excluding hydrogens is 230 g/mol. The fourth-order valence-corrected chi connectivity index (χ4v) is 2.99. The van der Waals surface area contributed by atoms with Crippen LogP contribution in [-0.2, 0) is 13.0 Å². The number of hydrogen-bond donors (Lipinski definition) is 0. The largest absolute Gasteiger partial charge is 0.367 e. The zero-order chi connectivity index (χ0) is 13.4. The van der Waals surface area contributed by atoms with Crippen molar-refractivity contribution in [2.45, 2.75) is 33.7 Å². The quantitative estimate of drug-likeness (QED) is 0.735. The first kappa shape index (κ1) is 12.3. The molecule has 0 bridgehead atoms. The minimum atomic E-state index is 1.04. The van der Waals surface area contributed by atoms with Gasteiger partial charge in [0.15, 0.2) is 0 Å². The molecule has 0 radical (unpaired) electrons. The highest BCUT2D eigenvalue weighted by atomic mass is 15.1. The number of benzene rings is 2. The topological polar surface area (TPSA) is 3.24 Å². The van der Waals surface area contributed by atoms with E-state index in [1.54, 1.807) is 0 Å². The van der Waals surface area contributed by atoms with E-state index >= 15 is 0 Å². The Kier molecular flexibility index (Phi) is 3.06. The van der Waals surface area contributed by atoms with Crippen molar-refractivity contribution in [3.8, 4) is 0 Å². The van der Waals surface area contributed by atoms with E-state index in [2.05, 4.69) is 62.1 Å². The summed E-state index contributed by atoms with van der Waals surface area (Å²) in [5.74, 6) is 0. The van der Waals surface area contributed by atoms with Crippen molar-refractivity contribution in [2.75, 3.05) is 11.4 Å². The molecule has 1 aliphatic rings. The molecule has 0 aliphatic carbocycles. The van der Waals surface area contributed by atoms with Crippen molar-refractivity contribution in [2.24, 2.45) is 0 Å². The second kappa shape index (κ2) is 4.73. The van der Waals surface area contributed by atoms with Crippen LogP contribution >= 0.6 is 0 Å². The van der Waals surface area contributed by atoms with E-state index in [1.165, 1.54) is 33.5 Å². The predicted octanol–water partition coefficient (Wildman–Crippen LogP) is 4.17. The average molecular weight is 251 g/mol. The molecule has 0 spiro atoms. The second-order valence-electron chi connectivity index (χ2n) is 5.59. The van der Waals surface area contributed by atoms with Crippen LogP contribution in [-0.4, -0.2) is 6.54 Å². The Balaban J connectivity index is 1.96. The number of anilines is 1. The highest BCUT2D eigenvalue weighted by molar-refractivity contribution is 5.59. The van der Waals surface area contributed by atoms with Gasteiger partial charge in [0.1, 0.15) is 0 Å². The SMILES string of the molecule is Cc1ccc(N2CCc3ccccc3C2)c(C)c1C. The highest BCUT2D eigenvalue weighted by Crippen LogP contribution is 2.29. The third-order valence-electron chi connectivity index (χ3n) is 4.50. The van der Waals surface area contributed by atoms with Crippen LogP contribution < -0.4 is 4.90 Å². The summed E-state index contributed by atoms with van der Waals surface area (Å²) >= 11 is 0. The molecule has 2 aromatic carbocycles. The lowest BCUT2D eigenvalue weighted by atomic mass is 9.97. The fourth-order valence-electron chi connectivity index (χ4n) is 2.99. The Morgan fingerprint density at radius 2 is 1.58 bits per heavy atom. The molecule has 2 aromatic rings. The van der Waals surface area contributed by atoms with E-state index in [0.29, 0.717) is 0 Å². The van der Waals surface area contributed by atoms with Crippen LogP contribution in [0, 0.1) is 20.8 Å². The average Bonchev–Trinajstić information content (AvgIpc) is 2.44. The number of nitrogens with zero attached hydrogens (tertiary/aromatic N) is 1. The highest BCUT2D eigenvalue weighted by Gasteiger charge is 2.18. The van der Waals surface area contributed by atoms with E-state index in [-0.39, 0.29) is 0 Å². The number of hydrogen-bond acceptors (Lipinski definition) is 1. The maximum absolute atomic E-state index is 2.52. The van der Waals surface area contributed by atoms with E-state index in [0.717, 1.165) is 19.5 Å². The van der Waals surface area contributed by atoms with Crippen molar-refractivity contribution in [1.29, 1.82) is 0 Å². The van der Waals surface area contributed by atoms with Crippen LogP contribution in [0.15, 0.2) is 36.4 Å². The molecule has 0 saturated heterocycles. The van der Waals surface area contributed by atoms with Gasteiger partial charge in [0.25, 0.3) is 0 Å².